The largest absolute Gasteiger partial charge is 0.466 e. The molecule has 188 valence electrons. The maximum Gasteiger partial charge on any atom is 0.422 e. The Morgan fingerprint density at radius 3 is 2.47 bits per heavy atom. The Kier molecular flexibility index (Phi) is 15.7. The SMILES string of the molecule is C=CCN(C)C(=Nc1cncnc1OCC(F)(F)F)c1ccc(C)cc1Cl.CC.CC/C=C/Cl. The molecule has 10 heteroatoms. The van der Waals surface area contributed by atoms with Crippen LogP contribution < -0.4 is 4.74 Å². The molecule has 0 aliphatic carbocycles. The van der Waals surface area contributed by atoms with Crippen LogP contribution in [-0.4, -0.2) is 47.1 Å². The van der Waals surface area contributed by atoms with Crippen LogP contribution in [0.5, 0.6) is 5.88 Å². The number of nitrogens with zero attached hydrogens (tertiary/aromatic N) is 4. The van der Waals surface area contributed by atoms with Gasteiger partial charge < -0.3 is 9.64 Å². The topological polar surface area (TPSA) is 50.6 Å². The van der Waals surface area contributed by atoms with E-state index in [1.807, 2.05) is 39.8 Å². The van der Waals surface area contributed by atoms with Crippen molar-refractivity contribution in [3.05, 3.63) is 71.1 Å². The Labute approximate surface area is 210 Å². The number of benzene rings is 1. The highest BCUT2D eigenvalue weighted by Crippen LogP contribution is 2.28. The van der Waals surface area contributed by atoms with Gasteiger partial charge in [-0.05, 0) is 31.0 Å². The minimum Gasteiger partial charge on any atom is -0.466 e. The lowest BCUT2D eigenvalue weighted by atomic mass is 10.1. The Balaban J connectivity index is 0.00000138. The molecule has 5 nitrogen and oxygen atoms in total. The molecule has 0 fully saturated rings. The van der Waals surface area contributed by atoms with E-state index < -0.39 is 12.8 Å². The van der Waals surface area contributed by atoms with E-state index in [1.54, 1.807) is 30.2 Å². The molecule has 2 rings (SSSR count). The average Bonchev–Trinajstić information content (AvgIpc) is 2.79. The monoisotopic (exact) mass is 518 g/mol. The molecule has 0 N–H and O–H groups in total. The predicted octanol–water partition coefficient (Wildman–Crippen LogP) is 7.75. The van der Waals surface area contributed by atoms with E-state index in [0.29, 0.717) is 23.0 Å². The zero-order valence-electron chi connectivity index (χ0n) is 20.0. The number of aryl methyl sites for hydroxylation is 1. The van der Waals surface area contributed by atoms with Crippen LogP contribution in [0.2, 0.25) is 5.02 Å². The fourth-order valence-corrected chi connectivity index (χ4v) is 2.78. The minimum atomic E-state index is -4.49. The van der Waals surface area contributed by atoms with Gasteiger partial charge in [-0.15, -0.1) is 6.58 Å². The Morgan fingerprint density at radius 2 is 1.97 bits per heavy atom. The smallest absolute Gasteiger partial charge is 0.422 e. The van der Waals surface area contributed by atoms with Gasteiger partial charge >= 0.3 is 6.18 Å². The van der Waals surface area contributed by atoms with Crippen LogP contribution >= 0.6 is 23.2 Å². The molecule has 1 aromatic heterocycles. The number of hydrogen-bond acceptors (Lipinski definition) is 4. The molecule has 1 aromatic carbocycles. The standard InChI is InChI=1S/C18H18ClF3N4O.C4H7Cl.C2H6/c1-4-7-26(3)16(13-6-5-12(2)8-14(13)19)25-15-9-23-11-24-17(15)27-10-18(20,21)22;1-2-3-4-5;1-2/h4-6,8-9,11H,1,7,10H2,2-3H3;3-4H,2H2,1H3;1-2H3/b;4-3+;. The molecule has 0 spiro atoms. The number of rotatable bonds is 7. The quantitative estimate of drug-likeness (QED) is 0.213. The van der Waals surface area contributed by atoms with Gasteiger partial charge in [0.15, 0.2) is 6.61 Å². The summed E-state index contributed by atoms with van der Waals surface area (Å²) in [4.78, 5) is 13.8. The van der Waals surface area contributed by atoms with Crippen molar-refractivity contribution in [1.29, 1.82) is 0 Å². The molecular weight excluding hydrogens is 488 g/mol. The summed E-state index contributed by atoms with van der Waals surface area (Å²) in [6, 6.07) is 5.42. The summed E-state index contributed by atoms with van der Waals surface area (Å²) in [5, 5.41) is 0.458. The highest BCUT2D eigenvalue weighted by molar-refractivity contribution is 6.34. The van der Waals surface area contributed by atoms with E-state index in [4.69, 9.17) is 27.9 Å². The highest BCUT2D eigenvalue weighted by Gasteiger charge is 2.29. The first-order valence-corrected chi connectivity index (χ1v) is 11.4. The number of hydrogen-bond donors (Lipinski definition) is 0. The first-order valence-electron chi connectivity index (χ1n) is 10.5. The van der Waals surface area contributed by atoms with E-state index >= 15 is 0 Å². The van der Waals surface area contributed by atoms with Gasteiger partial charge in [0, 0.05) is 24.7 Å². The molecule has 0 bridgehead atoms. The minimum absolute atomic E-state index is 0.0595. The molecule has 0 saturated heterocycles. The summed E-state index contributed by atoms with van der Waals surface area (Å²) in [6.07, 6.45) is 2.47. The number of halogens is 5. The van der Waals surface area contributed by atoms with Crippen LogP contribution in [0.25, 0.3) is 0 Å². The third-order valence-electron chi connectivity index (χ3n) is 3.71. The van der Waals surface area contributed by atoms with Crippen molar-refractivity contribution in [1.82, 2.24) is 14.9 Å². The van der Waals surface area contributed by atoms with Crippen LogP contribution in [0.3, 0.4) is 0 Å². The second-order valence-electron chi connectivity index (χ2n) is 6.47. The lowest BCUT2D eigenvalue weighted by Crippen LogP contribution is -2.28. The van der Waals surface area contributed by atoms with Crippen molar-refractivity contribution in [2.75, 3.05) is 20.2 Å². The number of likely N-dealkylation sites (N-methyl/N-ethyl adjacent to an activating group) is 1. The number of ether oxygens (including phenoxy) is 1. The van der Waals surface area contributed by atoms with Crippen molar-refractivity contribution in [2.45, 2.75) is 40.3 Å². The van der Waals surface area contributed by atoms with Gasteiger partial charge in [-0.1, -0.05) is 62.2 Å². The Bertz CT molecular complexity index is 935. The fraction of sp³-hybridized carbons (Fsp3) is 0.375. The second-order valence-corrected chi connectivity index (χ2v) is 7.13. The van der Waals surface area contributed by atoms with E-state index in [1.165, 1.54) is 11.7 Å². The molecule has 0 aliphatic heterocycles. The molecule has 2 aromatic rings. The van der Waals surface area contributed by atoms with Gasteiger partial charge in [0.1, 0.15) is 17.9 Å². The van der Waals surface area contributed by atoms with E-state index in [2.05, 4.69) is 21.5 Å². The number of aromatic nitrogens is 2. The van der Waals surface area contributed by atoms with Crippen LogP contribution in [0.15, 0.2) is 60.0 Å². The number of aliphatic imine (C=N–C) groups is 1. The summed E-state index contributed by atoms with van der Waals surface area (Å²) >= 11 is 11.5. The maximum atomic E-state index is 12.5. The van der Waals surface area contributed by atoms with E-state index in [0.717, 1.165) is 18.3 Å². The van der Waals surface area contributed by atoms with E-state index in [9.17, 15) is 13.2 Å². The lowest BCUT2D eigenvalue weighted by Gasteiger charge is -2.21. The Morgan fingerprint density at radius 1 is 1.29 bits per heavy atom. The summed E-state index contributed by atoms with van der Waals surface area (Å²) in [5.41, 5.74) is 3.16. The molecule has 0 unspecified atom stereocenters. The first kappa shape index (κ1) is 31.4. The predicted molar refractivity (Wildman–Crippen MR) is 135 cm³/mol. The summed E-state index contributed by atoms with van der Waals surface area (Å²) in [7, 11) is 1.76. The molecule has 1 heterocycles. The second kappa shape index (κ2) is 16.9. The number of alkyl halides is 3. The van der Waals surface area contributed by atoms with Gasteiger partial charge in [-0.25, -0.2) is 9.98 Å². The third kappa shape index (κ3) is 12.0. The van der Waals surface area contributed by atoms with Crippen molar-refractivity contribution in [3.63, 3.8) is 0 Å². The summed E-state index contributed by atoms with van der Waals surface area (Å²) in [5.74, 6) is 0.154. The molecule has 34 heavy (non-hydrogen) atoms. The fourth-order valence-electron chi connectivity index (χ4n) is 2.29. The lowest BCUT2D eigenvalue weighted by molar-refractivity contribution is -0.154. The van der Waals surface area contributed by atoms with Gasteiger partial charge in [0.25, 0.3) is 0 Å². The zero-order chi connectivity index (χ0) is 26.1. The van der Waals surface area contributed by atoms with Gasteiger partial charge in [0.05, 0.1) is 11.2 Å². The number of amidine groups is 1. The average molecular weight is 519 g/mol. The van der Waals surface area contributed by atoms with Gasteiger partial charge in [-0.3, -0.25) is 0 Å². The van der Waals surface area contributed by atoms with Crippen molar-refractivity contribution in [3.8, 4) is 5.88 Å². The van der Waals surface area contributed by atoms with Crippen LogP contribution in [0.4, 0.5) is 18.9 Å². The number of allylic oxidation sites excluding steroid dienone is 1. The molecule has 0 saturated carbocycles. The Hall–Kier alpha value is -2.58. The molecular formula is C24H31Cl2F3N4O. The maximum absolute atomic E-state index is 12.5. The molecule has 0 radical (unpaired) electrons. The third-order valence-corrected chi connectivity index (χ3v) is 4.20. The van der Waals surface area contributed by atoms with Crippen LogP contribution in [0, 0.1) is 6.92 Å². The van der Waals surface area contributed by atoms with Crippen LogP contribution in [-0.2, 0) is 0 Å². The van der Waals surface area contributed by atoms with Crippen molar-refractivity contribution in [2.24, 2.45) is 4.99 Å². The van der Waals surface area contributed by atoms with Gasteiger partial charge in [0.2, 0.25) is 5.88 Å². The molecule has 0 atom stereocenters. The van der Waals surface area contributed by atoms with Crippen molar-refractivity contribution >= 4 is 34.7 Å². The highest BCUT2D eigenvalue weighted by atomic mass is 35.5. The zero-order valence-corrected chi connectivity index (χ0v) is 21.5. The summed E-state index contributed by atoms with van der Waals surface area (Å²) in [6.45, 7) is 10.6. The van der Waals surface area contributed by atoms with E-state index in [-0.39, 0.29) is 11.6 Å². The first-order chi connectivity index (χ1) is 16.1. The molecule has 0 aliphatic rings. The van der Waals surface area contributed by atoms with Gasteiger partial charge in [-0.2, -0.15) is 18.2 Å². The van der Waals surface area contributed by atoms with Crippen molar-refractivity contribution < 1.29 is 17.9 Å². The van der Waals surface area contributed by atoms with Crippen LogP contribution in [0.1, 0.15) is 38.3 Å². The molecule has 0 amide bonds. The normalized spacial score (nSPS) is 11.2. The summed E-state index contributed by atoms with van der Waals surface area (Å²) < 4.78 is 42.2.